The molecular weight excluding hydrogens is 546 g/mol. The first-order valence-electron chi connectivity index (χ1n) is 14.1. The number of aromatic nitrogens is 3. The lowest BCUT2D eigenvalue weighted by Crippen LogP contribution is -2.28. The van der Waals surface area contributed by atoms with E-state index in [0.717, 1.165) is 61.7 Å². The number of methoxy groups -OCH3 is 2. The van der Waals surface area contributed by atoms with Crippen LogP contribution in [0.3, 0.4) is 0 Å². The van der Waals surface area contributed by atoms with Gasteiger partial charge in [0.05, 0.1) is 37.5 Å². The van der Waals surface area contributed by atoms with Crippen LogP contribution in [0.15, 0.2) is 54.9 Å². The molecule has 0 aliphatic carbocycles. The Morgan fingerprint density at radius 2 is 1.84 bits per heavy atom. The summed E-state index contributed by atoms with van der Waals surface area (Å²) in [6.45, 7) is 8.10. The first kappa shape index (κ1) is 28.4. The van der Waals surface area contributed by atoms with Gasteiger partial charge in [-0.1, -0.05) is 18.2 Å². The smallest absolute Gasteiger partial charge is 0.337 e. The van der Waals surface area contributed by atoms with Gasteiger partial charge in [-0.2, -0.15) is 4.98 Å². The summed E-state index contributed by atoms with van der Waals surface area (Å²) in [6, 6.07) is 14.1. The fourth-order valence-corrected chi connectivity index (χ4v) is 5.85. The van der Waals surface area contributed by atoms with Gasteiger partial charge < -0.3 is 24.1 Å². The van der Waals surface area contributed by atoms with E-state index in [1.807, 2.05) is 76.4 Å². The number of hydrogen-bond acceptors (Lipinski definition) is 8. The number of fused-ring (bicyclic) bond motifs is 1. The number of carbonyl (C=O) groups is 1. The van der Waals surface area contributed by atoms with E-state index in [1.54, 1.807) is 13.3 Å². The summed E-state index contributed by atoms with van der Waals surface area (Å²) in [5.41, 5.74) is 5.71. The number of hydrogen-bond donors (Lipinski definition) is 1. The van der Waals surface area contributed by atoms with Crippen LogP contribution in [0.1, 0.15) is 43.6 Å². The highest BCUT2D eigenvalue weighted by Gasteiger charge is 2.32. The number of aryl methyl sites for hydroxylation is 1. The van der Waals surface area contributed by atoms with Gasteiger partial charge >= 0.3 is 12.0 Å². The predicted molar refractivity (Wildman–Crippen MR) is 164 cm³/mol. The number of nitrogens with zero attached hydrogens (tertiary/aromatic N) is 3. The third kappa shape index (κ3) is 5.10. The highest BCUT2D eigenvalue weighted by molar-refractivity contribution is 6.09. The summed E-state index contributed by atoms with van der Waals surface area (Å²) in [5.74, 6) is 0.104. The Balaban J connectivity index is 1.67. The van der Waals surface area contributed by atoms with Gasteiger partial charge in [-0.05, 0) is 85.0 Å². The van der Waals surface area contributed by atoms with E-state index in [-0.39, 0.29) is 6.01 Å². The average Bonchev–Trinajstić information content (AvgIpc) is 2.99. The van der Waals surface area contributed by atoms with Crippen molar-refractivity contribution in [2.45, 2.75) is 45.8 Å². The molecule has 1 N–H and O–H groups in total. The molecule has 5 aromatic rings. The van der Waals surface area contributed by atoms with Crippen molar-refractivity contribution in [1.29, 1.82) is 0 Å². The molecule has 0 spiro atoms. The third-order valence-electron chi connectivity index (χ3n) is 7.60. The van der Waals surface area contributed by atoms with Crippen molar-refractivity contribution >= 4 is 27.6 Å². The molecule has 43 heavy (non-hydrogen) atoms. The monoisotopic (exact) mass is 579 g/mol. The Morgan fingerprint density at radius 1 is 1.02 bits per heavy atom. The number of aliphatic carboxylic acids is 1. The van der Waals surface area contributed by atoms with Gasteiger partial charge in [-0.25, -0.2) is 9.78 Å². The highest BCUT2D eigenvalue weighted by Crippen LogP contribution is 2.46. The Bertz CT molecular complexity index is 1890. The van der Waals surface area contributed by atoms with E-state index >= 15 is 0 Å². The van der Waals surface area contributed by atoms with Crippen LogP contribution < -0.4 is 14.2 Å². The summed E-state index contributed by atoms with van der Waals surface area (Å²) in [6.07, 6.45) is 3.04. The number of carboxylic acid groups (broad SMARTS) is 1. The van der Waals surface area contributed by atoms with E-state index in [9.17, 15) is 9.90 Å². The van der Waals surface area contributed by atoms with Crippen molar-refractivity contribution in [3.05, 3.63) is 71.5 Å². The van der Waals surface area contributed by atoms with Crippen LogP contribution in [0.2, 0.25) is 0 Å². The molecular formula is C34H33N3O6. The van der Waals surface area contributed by atoms with E-state index in [0.29, 0.717) is 23.6 Å². The normalized spacial score (nSPS) is 13.5. The quantitative estimate of drug-likeness (QED) is 0.225. The molecule has 0 bridgehead atoms. The zero-order chi connectivity index (χ0) is 30.5. The van der Waals surface area contributed by atoms with Crippen LogP contribution in [-0.2, 0) is 16.0 Å². The maximum atomic E-state index is 12.8. The molecule has 1 unspecified atom stereocenters. The first-order chi connectivity index (χ1) is 20.6. The van der Waals surface area contributed by atoms with Crippen molar-refractivity contribution < 1.29 is 28.8 Å². The lowest BCUT2D eigenvalue weighted by atomic mass is 9.85. The Kier molecular flexibility index (Phi) is 7.14. The van der Waals surface area contributed by atoms with Crippen LogP contribution in [0.5, 0.6) is 17.6 Å². The molecule has 0 saturated heterocycles. The Morgan fingerprint density at radius 3 is 2.56 bits per heavy atom. The summed E-state index contributed by atoms with van der Waals surface area (Å²) < 4.78 is 22.9. The average molecular weight is 580 g/mol. The second-order valence-corrected chi connectivity index (χ2v) is 11.5. The lowest BCUT2D eigenvalue weighted by Gasteiger charge is -2.29. The molecule has 0 saturated carbocycles. The van der Waals surface area contributed by atoms with Crippen molar-refractivity contribution in [2.24, 2.45) is 0 Å². The van der Waals surface area contributed by atoms with Crippen LogP contribution >= 0.6 is 0 Å². The summed E-state index contributed by atoms with van der Waals surface area (Å²) in [7, 11) is 3.06. The van der Waals surface area contributed by atoms with Gasteiger partial charge in [0, 0.05) is 35.3 Å². The Labute approximate surface area is 249 Å². The first-order valence-corrected chi connectivity index (χ1v) is 14.1. The second kappa shape index (κ2) is 10.8. The van der Waals surface area contributed by atoms with Crippen molar-refractivity contribution in [3.8, 4) is 39.9 Å². The zero-order valence-electron chi connectivity index (χ0n) is 25.0. The van der Waals surface area contributed by atoms with Gasteiger partial charge in [-0.15, -0.1) is 0 Å². The molecule has 1 atom stereocenters. The summed E-state index contributed by atoms with van der Waals surface area (Å²) >= 11 is 0. The summed E-state index contributed by atoms with van der Waals surface area (Å²) in [5, 5.41) is 13.2. The molecule has 0 radical (unpaired) electrons. The van der Waals surface area contributed by atoms with Crippen LogP contribution in [0.25, 0.3) is 43.9 Å². The molecule has 0 fully saturated rings. The standard InChI is InChI=1S/C34H33N3O6/c1-18-15-21-16-20(24-17-36-33(41-6)37-31(24)40-5)7-8-22(21)28(26(18)30(32(38)39)43-34(2,3)4)23-9-10-25-27-19(12-14-42-25)11-13-35-29(23)27/h7-11,13,15-17,30H,12,14H2,1-6H3,(H,38,39). The van der Waals surface area contributed by atoms with E-state index in [4.69, 9.17) is 23.9 Å². The largest absolute Gasteiger partial charge is 0.493 e. The van der Waals surface area contributed by atoms with Gasteiger partial charge in [0.1, 0.15) is 5.75 Å². The summed E-state index contributed by atoms with van der Waals surface area (Å²) in [4.78, 5) is 26.3. The molecule has 220 valence electrons. The van der Waals surface area contributed by atoms with Gasteiger partial charge in [-0.3, -0.25) is 4.98 Å². The highest BCUT2D eigenvalue weighted by atomic mass is 16.5. The minimum atomic E-state index is -1.21. The molecule has 0 amide bonds. The van der Waals surface area contributed by atoms with Crippen molar-refractivity contribution in [1.82, 2.24) is 15.0 Å². The molecule has 1 aliphatic rings. The third-order valence-corrected chi connectivity index (χ3v) is 7.60. The molecule has 3 heterocycles. The molecule has 3 aromatic carbocycles. The lowest BCUT2D eigenvalue weighted by molar-refractivity contribution is -0.160. The van der Waals surface area contributed by atoms with Crippen LogP contribution in [-0.4, -0.2) is 52.5 Å². The maximum absolute atomic E-state index is 12.8. The van der Waals surface area contributed by atoms with E-state index in [2.05, 4.69) is 9.97 Å². The van der Waals surface area contributed by atoms with Gasteiger partial charge in [0.15, 0.2) is 6.10 Å². The number of carboxylic acids is 1. The number of benzene rings is 3. The number of ether oxygens (including phenoxy) is 4. The fraction of sp³-hybridized carbons (Fsp3) is 0.294. The minimum absolute atomic E-state index is 0.210. The second-order valence-electron chi connectivity index (χ2n) is 11.5. The minimum Gasteiger partial charge on any atom is -0.493 e. The zero-order valence-corrected chi connectivity index (χ0v) is 25.0. The van der Waals surface area contributed by atoms with Gasteiger partial charge in [0.2, 0.25) is 5.88 Å². The fourth-order valence-electron chi connectivity index (χ4n) is 5.85. The number of rotatable bonds is 7. The molecule has 9 nitrogen and oxygen atoms in total. The van der Waals surface area contributed by atoms with Crippen LogP contribution in [0.4, 0.5) is 0 Å². The van der Waals surface area contributed by atoms with Crippen molar-refractivity contribution in [3.63, 3.8) is 0 Å². The van der Waals surface area contributed by atoms with E-state index in [1.165, 1.54) is 7.11 Å². The number of pyridine rings is 1. The predicted octanol–water partition coefficient (Wildman–Crippen LogP) is 6.71. The molecule has 1 aliphatic heterocycles. The molecule has 9 heteroatoms. The molecule has 2 aromatic heterocycles. The van der Waals surface area contributed by atoms with Crippen LogP contribution in [0, 0.1) is 6.92 Å². The van der Waals surface area contributed by atoms with Crippen molar-refractivity contribution in [2.75, 3.05) is 20.8 Å². The topological polar surface area (TPSA) is 113 Å². The van der Waals surface area contributed by atoms with E-state index < -0.39 is 17.7 Å². The Hall–Kier alpha value is -4.76. The molecule has 6 rings (SSSR count). The maximum Gasteiger partial charge on any atom is 0.337 e. The SMILES string of the molecule is COc1ncc(-c2ccc3c(-c4ccc5c6c(ccnc46)CCO5)c(C(OC(C)(C)C)C(=O)O)c(C)cc3c2)c(OC)n1. The van der Waals surface area contributed by atoms with Gasteiger partial charge in [0.25, 0.3) is 0 Å².